The summed E-state index contributed by atoms with van der Waals surface area (Å²) < 4.78 is 24.4. The van der Waals surface area contributed by atoms with Crippen LogP contribution in [0.3, 0.4) is 0 Å². The third-order valence-corrected chi connectivity index (χ3v) is 13.3. The van der Waals surface area contributed by atoms with E-state index >= 15 is 0 Å². The predicted octanol–water partition coefficient (Wildman–Crippen LogP) is 7.88. The molecule has 5 aromatic rings. The summed E-state index contributed by atoms with van der Waals surface area (Å²) in [5.74, 6) is -0.466. The second-order valence-corrected chi connectivity index (χ2v) is 18.7. The molecule has 0 aliphatic carbocycles. The van der Waals surface area contributed by atoms with Gasteiger partial charge in [0, 0.05) is 54.6 Å². The molecule has 0 saturated carbocycles. The number of Topliss-reactive ketones (excluding diaryl/α,β-unsaturated/α-hetero) is 1. The second kappa shape index (κ2) is 22.5. The quantitative estimate of drug-likeness (QED) is 0.0436. The van der Waals surface area contributed by atoms with E-state index in [4.69, 9.17) is 18.9 Å². The lowest BCUT2D eigenvalue weighted by Crippen LogP contribution is -2.50. The van der Waals surface area contributed by atoms with Gasteiger partial charge in [-0.3, -0.25) is 29.0 Å². The fourth-order valence-electron chi connectivity index (χ4n) is 9.56. The molecule has 0 radical (unpaired) electrons. The Balaban J connectivity index is 1.02. The van der Waals surface area contributed by atoms with Crippen molar-refractivity contribution in [3.05, 3.63) is 124 Å². The SMILES string of the molecule is C=Nc1cc(OCc2cc(COc3cc4c(cc3OC)C(=O)N3c5ccccc5C[C@H]3CN4)cc(NC(=O)[C@H](C)NC(=O)[C@H](C)NC(=O)CCCCC(C)=O)c2)c(OC)cc1C(=O)N1c2ccccc2C[C@H]1C. The molecular weight excluding hydrogens is 931 g/mol. The van der Waals surface area contributed by atoms with Crippen molar-refractivity contribution in [2.75, 3.05) is 41.2 Å². The van der Waals surface area contributed by atoms with Gasteiger partial charge in [-0.15, -0.1) is 0 Å². The number of hydrogen-bond donors (Lipinski definition) is 4. The first kappa shape index (κ1) is 51.2. The minimum Gasteiger partial charge on any atom is -0.493 e. The second-order valence-electron chi connectivity index (χ2n) is 18.7. The van der Waals surface area contributed by atoms with Gasteiger partial charge in [-0.2, -0.15) is 0 Å². The number of unbranched alkanes of at least 4 members (excludes halogenated alkanes) is 1. The van der Waals surface area contributed by atoms with E-state index in [1.807, 2.05) is 66.4 Å². The molecule has 17 nitrogen and oxygen atoms in total. The van der Waals surface area contributed by atoms with E-state index in [9.17, 15) is 28.8 Å². The van der Waals surface area contributed by atoms with E-state index in [-0.39, 0.29) is 61.0 Å². The van der Waals surface area contributed by atoms with Crippen molar-refractivity contribution in [2.24, 2.45) is 4.99 Å². The summed E-state index contributed by atoms with van der Waals surface area (Å²) in [4.78, 5) is 86.7. The number of benzene rings is 5. The maximum absolute atomic E-state index is 14.2. The van der Waals surface area contributed by atoms with Gasteiger partial charge in [0.15, 0.2) is 23.0 Å². The van der Waals surface area contributed by atoms with Gasteiger partial charge >= 0.3 is 0 Å². The molecule has 17 heteroatoms. The summed E-state index contributed by atoms with van der Waals surface area (Å²) in [7, 11) is 2.99. The van der Waals surface area contributed by atoms with Crippen LogP contribution in [0.1, 0.15) is 96.3 Å². The van der Waals surface area contributed by atoms with E-state index in [1.165, 1.54) is 35.0 Å². The van der Waals surface area contributed by atoms with Gasteiger partial charge in [-0.05, 0) is 125 Å². The minimum atomic E-state index is -1.02. The molecule has 8 rings (SSSR count). The highest BCUT2D eigenvalue weighted by Gasteiger charge is 2.38. The zero-order valence-corrected chi connectivity index (χ0v) is 42.0. The minimum absolute atomic E-state index is 0.0110. The fourth-order valence-corrected chi connectivity index (χ4v) is 9.56. The Kier molecular flexibility index (Phi) is 15.7. The van der Waals surface area contributed by atoms with Gasteiger partial charge in [-0.1, -0.05) is 36.4 Å². The molecule has 3 heterocycles. The number of fused-ring (bicyclic) bond motifs is 5. The monoisotopic (exact) mass is 991 g/mol. The molecule has 0 saturated heterocycles. The normalized spacial score (nSPS) is 16.0. The van der Waals surface area contributed by atoms with Crippen molar-refractivity contribution in [1.29, 1.82) is 0 Å². The van der Waals surface area contributed by atoms with Crippen molar-refractivity contribution in [3.8, 4) is 23.0 Å². The smallest absolute Gasteiger partial charge is 0.260 e. The lowest BCUT2D eigenvalue weighted by atomic mass is 10.1. The summed E-state index contributed by atoms with van der Waals surface area (Å²) in [5.41, 5.74) is 7.16. The highest BCUT2D eigenvalue weighted by atomic mass is 16.5. The molecule has 0 fully saturated rings. The van der Waals surface area contributed by atoms with Crippen molar-refractivity contribution in [2.45, 2.75) is 104 Å². The van der Waals surface area contributed by atoms with Crippen LogP contribution in [-0.4, -0.2) is 87.0 Å². The van der Waals surface area contributed by atoms with Crippen LogP contribution in [0.2, 0.25) is 0 Å². The van der Waals surface area contributed by atoms with E-state index in [0.717, 1.165) is 35.3 Å². The summed E-state index contributed by atoms with van der Waals surface area (Å²) in [6, 6.07) is 25.6. The van der Waals surface area contributed by atoms with Crippen molar-refractivity contribution in [3.63, 3.8) is 0 Å². The Labute approximate surface area is 424 Å². The Hall–Kier alpha value is -8.21. The molecule has 0 aromatic heterocycles. The molecule has 4 atom stereocenters. The van der Waals surface area contributed by atoms with Gasteiger partial charge in [0.1, 0.15) is 31.1 Å². The summed E-state index contributed by atoms with van der Waals surface area (Å²) in [6.45, 7) is 10.8. The maximum Gasteiger partial charge on any atom is 0.260 e. The first-order chi connectivity index (χ1) is 35.1. The van der Waals surface area contributed by atoms with Crippen molar-refractivity contribution < 1.29 is 47.7 Å². The molecule has 0 unspecified atom stereocenters. The lowest BCUT2D eigenvalue weighted by molar-refractivity contribution is -0.130. The van der Waals surface area contributed by atoms with Crippen LogP contribution in [0.25, 0.3) is 0 Å². The number of anilines is 4. The maximum atomic E-state index is 14.2. The number of carbonyl (C=O) groups is 6. The number of carbonyl (C=O) groups excluding carboxylic acids is 6. The largest absolute Gasteiger partial charge is 0.493 e. The van der Waals surface area contributed by atoms with Crippen LogP contribution in [0.15, 0.2) is 96.0 Å². The van der Waals surface area contributed by atoms with Gasteiger partial charge in [-0.25, -0.2) is 0 Å². The number of amides is 5. The number of ether oxygens (including phenoxy) is 4. The summed E-state index contributed by atoms with van der Waals surface area (Å²) >= 11 is 0. The first-order valence-electron chi connectivity index (χ1n) is 24.4. The number of para-hydroxylation sites is 2. The van der Waals surface area contributed by atoms with Crippen LogP contribution in [-0.2, 0) is 45.2 Å². The molecule has 0 bridgehead atoms. The van der Waals surface area contributed by atoms with Crippen molar-refractivity contribution in [1.82, 2.24) is 10.6 Å². The standard InChI is InChI=1S/C56H61N7O10/c1-32-20-38-15-9-11-17-46(38)62(32)55(68)42-25-48(70-6)50(27-44(42)57-5)72-30-36-21-37(23-40(22-36)61-54(67)35(4)60-53(66)34(3)59-52(65)19-13-8-14-33(2)64)31-73-51-28-45-43(26-49(51)71-7)56(69)63-41(29-58-45)24-39-16-10-12-18-47(39)63/h9-12,15-18,21-23,25-28,32,34-35,41,58H,5,8,13-14,19-20,24,29-31H2,1-4,6-7H3,(H,59,65)(H,60,66)(H,61,67)/t32-,34+,35+,41+/m1/s1. The Bertz CT molecular complexity index is 2980. The number of rotatable bonds is 20. The number of hydrogen-bond acceptors (Lipinski definition) is 12. The van der Waals surface area contributed by atoms with Crippen LogP contribution in [0.5, 0.6) is 23.0 Å². The topological polar surface area (TPSA) is 206 Å². The molecule has 0 spiro atoms. The summed E-state index contributed by atoms with van der Waals surface area (Å²) in [5, 5.41) is 11.7. The Morgan fingerprint density at radius 2 is 1.37 bits per heavy atom. The van der Waals surface area contributed by atoms with Crippen LogP contribution < -0.4 is 50.0 Å². The average molecular weight is 992 g/mol. The molecule has 380 valence electrons. The molecule has 5 aromatic carbocycles. The average Bonchev–Trinajstić information content (AvgIpc) is 3.89. The summed E-state index contributed by atoms with van der Waals surface area (Å²) in [6.07, 6.45) is 3.07. The molecule has 3 aliphatic heterocycles. The molecular formula is C56H61N7O10. The van der Waals surface area contributed by atoms with Crippen LogP contribution >= 0.6 is 0 Å². The van der Waals surface area contributed by atoms with Crippen LogP contribution in [0, 0.1) is 0 Å². The molecule has 73 heavy (non-hydrogen) atoms. The Morgan fingerprint density at radius 1 is 0.753 bits per heavy atom. The first-order valence-corrected chi connectivity index (χ1v) is 24.4. The number of methoxy groups -OCH3 is 2. The van der Waals surface area contributed by atoms with E-state index in [1.54, 1.807) is 41.3 Å². The fraction of sp³-hybridized carbons (Fsp3) is 0.339. The zero-order chi connectivity index (χ0) is 51.9. The molecule has 4 N–H and O–H groups in total. The molecule has 3 aliphatic rings. The highest BCUT2D eigenvalue weighted by molar-refractivity contribution is 6.13. The van der Waals surface area contributed by atoms with Crippen LogP contribution in [0.4, 0.5) is 28.4 Å². The van der Waals surface area contributed by atoms with Gasteiger partial charge in [0.05, 0.1) is 42.8 Å². The predicted molar refractivity (Wildman–Crippen MR) is 279 cm³/mol. The van der Waals surface area contributed by atoms with E-state index in [2.05, 4.69) is 33.0 Å². The third-order valence-electron chi connectivity index (χ3n) is 13.3. The number of aliphatic imine (C=N–C) groups is 1. The van der Waals surface area contributed by atoms with Crippen molar-refractivity contribution >= 4 is 70.5 Å². The number of nitrogens with one attached hydrogen (secondary N) is 4. The van der Waals surface area contributed by atoms with Gasteiger partial charge in [0.25, 0.3) is 11.8 Å². The molecule has 5 amide bonds. The number of ketones is 1. The van der Waals surface area contributed by atoms with Gasteiger partial charge in [0.2, 0.25) is 17.7 Å². The van der Waals surface area contributed by atoms with E-state index in [0.29, 0.717) is 82.4 Å². The number of nitrogens with zero attached hydrogens (tertiary/aromatic N) is 3. The van der Waals surface area contributed by atoms with Gasteiger partial charge < -0.3 is 54.8 Å². The Morgan fingerprint density at radius 3 is 2.04 bits per heavy atom. The lowest BCUT2D eigenvalue weighted by Gasteiger charge is -2.24. The van der Waals surface area contributed by atoms with E-state index < -0.39 is 23.9 Å². The highest BCUT2D eigenvalue weighted by Crippen LogP contribution is 2.42. The zero-order valence-electron chi connectivity index (χ0n) is 42.0. The third kappa shape index (κ3) is 11.5.